The molecule has 0 bridgehead atoms. The standard InChI is InChI=1S/C25H27BrN2O6/c1-4-27(5-2)12-13-28-21(15-6-8-16(9-7-15)25(33)34-3)20(23(31)24(28)32)22(30)18-14-17(26)10-11-19(18)29/h6-11,14,21,29-30H,4-5,12-13H2,1-3H3. The number of aliphatic hydroxyl groups is 1. The number of phenols is 1. The molecule has 0 radical (unpaired) electrons. The van der Waals surface area contributed by atoms with Crippen LogP contribution in [-0.2, 0) is 14.3 Å². The van der Waals surface area contributed by atoms with Crippen LogP contribution in [0.4, 0.5) is 0 Å². The maximum absolute atomic E-state index is 13.1. The van der Waals surface area contributed by atoms with Crippen LogP contribution in [0.5, 0.6) is 5.75 Å². The van der Waals surface area contributed by atoms with Crippen molar-refractivity contribution in [1.29, 1.82) is 0 Å². The Labute approximate surface area is 206 Å². The highest BCUT2D eigenvalue weighted by Gasteiger charge is 2.46. The number of Topliss-reactive ketones (excluding diaryl/α,β-unsaturated/α-hetero) is 1. The molecule has 8 nitrogen and oxygen atoms in total. The molecule has 34 heavy (non-hydrogen) atoms. The number of halogens is 1. The molecule has 1 aliphatic rings. The molecule has 2 aromatic rings. The minimum Gasteiger partial charge on any atom is -0.507 e. The van der Waals surface area contributed by atoms with E-state index in [0.717, 1.165) is 13.1 Å². The Morgan fingerprint density at radius 3 is 2.35 bits per heavy atom. The van der Waals surface area contributed by atoms with E-state index >= 15 is 0 Å². The molecule has 9 heteroatoms. The molecule has 1 unspecified atom stereocenters. The van der Waals surface area contributed by atoms with E-state index in [-0.39, 0.29) is 23.4 Å². The molecule has 180 valence electrons. The number of amides is 1. The van der Waals surface area contributed by atoms with Gasteiger partial charge in [-0.25, -0.2) is 4.79 Å². The lowest BCUT2D eigenvalue weighted by Crippen LogP contribution is -2.38. The summed E-state index contributed by atoms with van der Waals surface area (Å²) in [4.78, 5) is 41.6. The summed E-state index contributed by atoms with van der Waals surface area (Å²) < 4.78 is 5.33. The lowest BCUT2D eigenvalue weighted by Gasteiger charge is -2.28. The molecule has 2 N–H and O–H groups in total. The average Bonchev–Trinajstić information content (AvgIpc) is 3.10. The molecular weight excluding hydrogens is 504 g/mol. The zero-order valence-electron chi connectivity index (χ0n) is 19.2. The zero-order valence-corrected chi connectivity index (χ0v) is 20.8. The Hall–Kier alpha value is -3.17. The number of ether oxygens (including phenoxy) is 1. The minimum atomic E-state index is -0.888. The van der Waals surface area contributed by atoms with Crippen molar-refractivity contribution >= 4 is 39.3 Å². The van der Waals surface area contributed by atoms with Crippen molar-refractivity contribution in [2.45, 2.75) is 19.9 Å². The predicted molar refractivity (Wildman–Crippen MR) is 130 cm³/mol. The number of likely N-dealkylation sites (N-methyl/N-ethyl adjacent to an activating group) is 1. The number of ketones is 1. The molecule has 1 amide bonds. The molecule has 0 aliphatic carbocycles. The van der Waals surface area contributed by atoms with E-state index in [9.17, 15) is 24.6 Å². The molecule has 1 fully saturated rings. The number of benzene rings is 2. The minimum absolute atomic E-state index is 0.0345. The van der Waals surface area contributed by atoms with Gasteiger partial charge in [0.05, 0.1) is 29.9 Å². The second-order valence-corrected chi connectivity index (χ2v) is 8.71. The normalized spacial score (nSPS) is 17.4. The quantitative estimate of drug-likeness (QED) is 0.232. The predicted octanol–water partition coefficient (Wildman–Crippen LogP) is 3.70. The van der Waals surface area contributed by atoms with Crippen LogP contribution in [0.15, 0.2) is 52.5 Å². The van der Waals surface area contributed by atoms with Gasteiger partial charge in [-0.05, 0) is 49.0 Å². The first-order chi connectivity index (χ1) is 16.2. The number of likely N-dealkylation sites (tertiary alicyclic amines) is 1. The molecule has 2 aromatic carbocycles. The fourth-order valence-corrected chi connectivity index (χ4v) is 4.37. The summed E-state index contributed by atoms with van der Waals surface area (Å²) in [5, 5.41) is 21.5. The number of hydrogen-bond donors (Lipinski definition) is 2. The second kappa shape index (κ2) is 10.8. The van der Waals surface area contributed by atoms with Gasteiger partial charge in [-0.15, -0.1) is 0 Å². The van der Waals surface area contributed by atoms with Crippen molar-refractivity contribution in [2.75, 3.05) is 33.3 Å². The Morgan fingerprint density at radius 1 is 1.12 bits per heavy atom. The summed E-state index contributed by atoms with van der Waals surface area (Å²) in [6, 6.07) is 9.91. The molecule has 1 heterocycles. The fourth-order valence-electron chi connectivity index (χ4n) is 4.01. The first-order valence-corrected chi connectivity index (χ1v) is 11.7. The molecule has 1 aliphatic heterocycles. The van der Waals surface area contributed by atoms with E-state index in [1.807, 2.05) is 13.8 Å². The van der Waals surface area contributed by atoms with Crippen molar-refractivity contribution in [2.24, 2.45) is 0 Å². The van der Waals surface area contributed by atoms with Gasteiger partial charge in [0.15, 0.2) is 0 Å². The van der Waals surface area contributed by atoms with E-state index in [4.69, 9.17) is 4.74 Å². The maximum atomic E-state index is 13.1. The first kappa shape index (κ1) is 25.5. The maximum Gasteiger partial charge on any atom is 0.337 e. The van der Waals surface area contributed by atoms with E-state index in [1.54, 1.807) is 30.3 Å². The molecular formula is C25H27BrN2O6. The summed E-state index contributed by atoms with van der Waals surface area (Å²) in [5.41, 5.74) is 0.773. The molecule has 1 atom stereocenters. The summed E-state index contributed by atoms with van der Waals surface area (Å²) >= 11 is 3.30. The van der Waals surface area contributed by atoms with Crippen molar-refractivity contribution in [1.82, 2.24) is 9.80 Å². The van der Waals surface area contributed by atoms with Gasteiger partial charge in [0.25, 0.3) is 11.7 Å². The number of carbonyl (C=O) groups is 3. The highest BCUT2D eigenvalue weighted by Crippen LogP contribution is 2.41. The van der Waals surface area contributed by atoms with Gasteiger partial charge in [-0.2, -0.15) is 0 Å². The SMILES string of the molecule is CCN(CC)CCN1C(=O)C(=O)C(=C(O)c2cc(Br)ccc2O)C1c1ccc(C(=O)OC)cc1. The lowest BCUT2D eigenvalue weighted by molar-refractivity contribution is -0.140. The Balaban J connectivity index is 2.14. The summed E-state index contributed by atoms with van der Waals surface area (Å²) in [7, 11) is 1.28. The topological polar surface area (TPSA) is 107 Å². The van der Waals surface area contributed by atoms with Crippen molar-refractivity contribution < 1.29 is 29.3 Å². The highest BCUT2D eigenvalue weighted by atomic mass is 79.9. The number of nitrogens with zero attached hydrogens (tertiary/aromatic N) is 2. The number of rotatable bonds is 8. The third-order valence-electron chi connectivity index (χ3n) is 5.95. The van der Waals surface area contributed by atoms with Gasteiger partial charge in [-0.1, -0.05) is 41.9 Å². The van der Waals surface area contributed by atoms with Crippen molar-refractivity contribution in [3.05, 3.63) is 69.2 Å². The van der Waals surface area contributed by atoms with Gasteiger partial charge in [0, 0.05) is 17.6 Å². The van der Waals surface area contributed by atoms with Crippen LogP contribution in [0.3, 0.4) is 0 Å². The summed E-state index contributed by atoms with van der Waals surface area (Å²) in [6.45, 7) is 6.39. The van der Waals surface area contributed by atoms with Gasteiger partial charge in [-0.3, -0.25) is 9.59 Å². The van der Waals surface area contributed by atoms with Gasteiger partial charge < -0.3 is 24.7 Å². The van der Waals surface area contributed by atoms with Crippen LogP contribution in [-0.4, -0.2) is 71.0 Å². The summed E-state index contributed by atoms with van der Waals surface area (Å²) in [6.07, 6.45) is 0. The van der Waals surface area contributed by atoms with E-state index in [0.29, 0.717) is 22.1 Å². The number of esters is 1. The average molecular weight is 531 g/mol. The zero-order chi connectivity index (χ0) is 25.0. The van der Waals surface area contributed by atoms with Crippen molar-refractivity contribution in [3.8, 4) is 5.75 Å². The van der Waals surface area contributed by atoms with Gasteiger partial charge in [0.2, 0.25) is 0 Å². The number of methoxy groups -OCH3 is 1. The van der Waals surface area contributed by atoms with Gasteiger partial charge >= 0.3 is 5.97 Å². The van der Waals surface area contributed by atoms with Crippen LogP contribution in [0.2, 0.25) is 0 Å². The largest absolute Gasteiger partial charge is 0.507 e. The molecule has 3 rings (SSSR count). The lowest BCUT2D eigenvalue weighted by atomic mass is 9.94. The second-order valence-electron chi connectivity index (χ2n) is 7.79. The first-order valence-electron chi connectivity index (χ1n) is 10.9. The van der Waals surface area contributed by atoms with E-state index in [2.05, 4.69) is 20.8 Å². The van der Waals surface area contributed by atoms with Crippen LogP contribution < -0.4 is 0 Å². The molecule has 1 saturated heterocycles. The Kier molecular flexibility index (Phi) is 8.11. The Bertz CT molecular complexity index is 1120. The van der Waals surface area contributed by atoms with Gasteiger partial charge in [0.1, 0.15) is 11.5 Å². The summed E-state index contributed by atoms with van der Waals surface area (Å²) in [5.74, 6) is -2.77. The van der Waals surface area contributed by atoms with Crippen LogP contribution in [0.1, 0.15) is 41.4 Å². The third-order valence-corrected chi connectivity index (χ3v) is 6.45. The van der Waals surface area contributed by atoms with Crippen LogP contribution in [0.25, 0.3) is 5.76 Å². The monoisotopic (exact) mass is 530 g/mol. The Morgan fingerprint density at radius 2 is 1.76 bits per heavy atom. The number of carbonyl (C=O) groups excluding carboxylic acids is 3. The number of aliphatic hydroxyl groups excluding tert-OH is 1. The molecule has 0 spiro atoms. The number of hydrogen-bond acceptors (Lipinski definition) is 7. The molecule has 0 aromatic heterocycles. The van der Waals surface area contributed by atoms with Crippen molar-refractivity contribution in [3.63, 3.8) is 0 Å². The van der Waals surface area contributed by atoms with E-state index < -0.39 is 29.5 Å². The highest BCUT2D eigenvalue weighted by molar-refractivity contribution is 9.10. The number of aromatic hydroxyl groups is 1. The third kappa shape index (κ3) is 5.00. The fraction of sp³-hybridized carbons (Fsp3) is 0.320. The van der Waals surface area contributed by atoms with Crippen LogP contribution >= 0.6 is 15.9 Å². The number of phenolic OH excluding ortho intramolecular Hbond substituents is 1. The van der Waals surface area contributed by atoms with E-state index in [1.165, 1.54) is 24.1 Å². The smallest absolute Gasteiger partial charge is 0.337 e. The molecule has 0 saturated carbocycles. The van der Waals surface area contributed by atoms with Crippen LogP contribution in [0, 0.1) is 0 Å².